The molecule has 1 unspecified atom stereocenters. The van der Waals surface area contributed by atoms with Crippen molar-refractivity contribution in [1.29, 1.82) is 0 Å². The number of amides is 3. The minimum absolute atomic E-state index is 0.00353. The van der Waals surface area contributed by atoms with Crippen LogP contribution in [0.3, 0.4) is 0 Å². The molecular weight excluding hydrogens is 475 g/mol. The van der Waals surface area contributed by atoms with Crippen LogP contribution in [-0.2, 0) is 17.9 Å². The summed E-state index contributed by atoms with van der Waals surface area (Å²) < 4.78 is 26.9. The molecule has 184 valence electrons. The number of urea groups is 1. The Bertz CT molecular complexity index is 1430. The Morgan fingerprint density at radius 1 is 1.08 bits per heavy atom. The van der Waals surface area contributed by atoms with Gasteiger partial charge in [0.25, 0.3) is 5.91 Å². The molecule has 37 heavy (non-hydrogen) atoms. The summed E-state index contributed by atoms with van der Waals surface area (Å²) in [6, 6.07) is 16.6. The summed E-state index contributed by atoms with van der Waals surface area (Å²) in [5, 5.41) is 5.47. The van der Waals surface area contributed by atoms with E-state index in [1.165, 1.54) is 11.8 Å². The van der Waals surface area contributed by atoms with Crippen LogP contribution in [0.4, 0.5) is 19.3 Å². The monoisotopic (exact) mass is 497 g/mol. The zero-order chi connectivity index (χ0) is 26.6. The van der Waals surface area contributed by atoms with E-state index >= 15 is 0 Å². The molecule has 0 saturated carbocycles. The molecule has 1 aliphatic heterocycles. The molecule has 2 radical (unpaired) electrons. The number of carbonyl (C=O) groups is 2. The third-order valence-corrected chi connectivity index (χ3v) is 5.55. The molecule has 0 aliphatic carbocycles. The van der Waals surface area contributed by atoms with Crippen LogP contribution in [0.25, 0.3) is 0 Å². The van der Waals surface area contributed by atoms with Crippen LogP contribution in [0, 0.1) is 23.5 Å². The van der Waals surface area contributed by atoms with Crippen molar-refractivity contribution in [3.63, 3.8) is 0 Å². The smallest absolute Gasteiger partial charge is 0.319 e. The first-order chi connectivity index (χ1) is 17.6. The van der Waals surface area contributed by atoms with Crippen LogP contribution in [-0.4, -0.2) is 36.2 Å². The van der Waals surface area contributed by atoms with Crippen LogP contribution in [0.5, 0.6) is 0 Å². The summed E-state index contributed by atoms with van der Waals surface area (Å²) in [6.45, 7) is 1.94. The van der Waals surface area contributed by atoms with E-state index in [1.54, 1.807) is 24.3 Å². The number of nitrogens with two attached hydrogens (primary N) is 1. The first-order valence-corrected chi connectivity index (χ1v) is 11.3. The van der Waals surface area contributed by atoms with Crippen LogP contribution >= 0.6 is 0 Å². The number of benzene rings is 3. The van der Waals surface area contributed by atoms with E-state index in [1.807, 2.05) is 24.3 Å². The summed E-state index contributed by atoms with van der Waals surface area (Å²) in [4.78, 5) is 30.6. The number of nitrogens with zero attached hydrogens (tertiary/aromatic N) is 2. The van der Waals surface area contributed by atoms with Crippen molar-refractivity contribution >= 4 is 36.9 Å². The van der Waals surface area contributed by atoms with Gasteiger partial charge in [-0.1, -0.05) is 53.7 Å². The van der Waals surface area contributed by atoms with E-state index in [0.717, 1.165) is 29.3 Å². The molecule has 0 bridgehead atoms. The highest BCUT2D eigenvalue weighted by atomic mass is 19.1. The molecule has 7 nitrogen and oxygen atoms in total. The third-order valence-electron chi connectivity index (χ3n) is 5.55. The van der Waals surface area contributed by atoms with Gasteiger partial charge in [-0.3, -0.25) is 9.69 Å². The Morgan fingerprint density at radius 3 is 2.43 bits per heavy atom. The van der Waals surface area contributed by atoms with E-state index in [0.29, 0.717) is 11.2 Å². The molecule has 1 aliphatic rings. The number of hydrogen-bond donors (Lipinski definition) is 3. The number of nitrogens with one attached hydrogen (secondary N) is 2. The molecule has 4 rings (SSSR count). The van der Waals surface area contributed by atoms with E-state index in [9.17, 15) is 18.4 Å². The third kappa shape index (κ3) is 6.33. The second-order valence-corrected chi connectivity index (χ2v) is 8.59. The van der Waals surface area contributed by atoms with Crippen molar-refractivity contribution in [2.75, 3.05) is 5.32 Å². The van der Waals surface area contributed by atoms with Crippen LogP contribution in [0.2, 0.25) is 0 Å². The van der Waals surface area contributed by atoms with Gasteiger partial charge in [0, 0.05) is 23.9 Å². The average Bonchev–Trinajstić information content (AvgIpc) is 3.05. The van der Waals surface area contributed by atoms with Crippen molar-refractivity contribution < 1.29 is 18.4 Å². The lowest BCUT2D eigenvalue weighted by Crippen LogP contribution is -2.41. The number of rotatable bonds is 5. The largest absolute Gasteiger partial charge is 0.369 e. The van der Waals surface area contributed by atoms with Crippen molar-refractivity contribution in [1.82, 2.24) is 10.2 Å². The van der Waals surface area contributed by atoms with E-state index in [-0.39, 0.29) is 30.6 Å². The zero-order valence-corrected chi connectivity index (χ0v) is 19.9. The normalized spacial score (nSPS) is 16.6. The van der Waals surface area contributed by atoms with Crippen molar-refractivity contribution in [3.8, 4) is 11.8 Å². The topological polar surface area (TPSA) is 99.8 Å². The number of guanidine groups is 1. The molecule has 10 heteroatoms. The first-order valence-electron chi connectivity index (χ1n) is 11.3. The van der Waals surface area contributed by atoms with Crippen molar-refractivity contribution in [3.05, 3.63) is 95.1 Å². The van der Waals surface area contributed by atoms with Gasteiger partial charge >= 0.3 is 6.03 Å². The maximum absolute atomic E-state index is 13.4. The zero-order valence-electron chi connectivity index (χ0n) is 19.9. The summed E-state index contributed by atoms with van der Waals surface area (Å²) >= 11 is 0. The number of anilines is 1. The fourth-order valence-electron chi connectivity index (χ4n) is 3.68. The average molecular weight is 497 g/mol. The molecule has 4 N–H and O–H groups in total. The van der Waals surface area contributed by atoms with E-state index in [2.05, 4.69) is 27.5 Å². The van der Waals surface area contributed by atoms with Crippen molar-refractivity contribution in [2.45, 2.75) is 25.6 Å². The highest BCUT2D eigenvalue weighted by Crippen LogP contribution is 2.23. The summed E-state index contributed by atoms with van der Waals surface area (Å²) in [7, 11) is 5.71. The van der Waals surface area contributed by atoms with Gasteiger partial charge in [-0.15, -0.1) is 0 Å². The van der Waals surface area contributed by atoms with Gasteiger partial charge in [0.15, 0.2) is 0 Å². The molecule has 0 spiro atoms. The number of halogens is 2. The van der Waals surface area contributed by atoms with Crippen LogP contribution in [0.15, 0.2) is 71.7 Å². The van der Waals surface area contributed by atoms with Gasteiger partial charge in [0.05, 0.1) is 6.54 Å². The Labute approximate surface area is 214 Å². The number of carbonyl (C=O) groups excluding carboxylic acids is 2. The molecule has 0 aromatic heterocycles. The second kappa shape index (κ2) is 10.5. The number of hydrogen-bond acceptors (Lipinski definition) is 4. The van der Waals surface area contributed by atoms with E-state index in [4.69, 9.17) is 13.6 Å². The van der Waals surface area contributed by atoms with Gasteiger partial charge in [-0.25, -0.2) is 18.6 Å². The molecule has 1 heterocycles. The first kappa shape index (κ1) is 25.4. The Morgan fingerprint density at radius 2 is 1.76 bits per heavy atom. The molecule has 3 aromatic rings. The molecule has 1 atom stereocenters. The fourth-order valence-corrected chi connectivity index (χ4v) is 3.68. The standard InChI is InChI=1S/C27H22BF2N5O2/c1-27(10-9-19-11-21(29)14-22(30)12-19)24(36)35(25(31)34-27)16-18-7-5-17(6-8-18)15-32-26(37)33-23-4-2-3-20(28)13-23/h2-8,11-14H,15-16H2,1H3,(H2,31,34)(H2,32,33,37). The quantitative estimate of drug-likeness (QED) is 0.373. The second-order valence-electron chi connectivity index (χ2n) is 8.59. The Hall–Kier alpha value is -4.65. The molecule has 0 fully saturated rings. The lowest BCUT2D eigenvalue weighted by Gasteiger charge is -2.19. The molecule has 3 amide bonds. The summed E-state index contributed by atoms with van der Waals surface area (Å²) in [6.07, 6.45) is 0. The van der Waals surface area contributed by atoms with Gasteiger partial charge in [-0.05, 0) is 42.3 Å². The lowest BCUT2D eigenvalue weighted by atomic mass is 9.96. The minimum atomic E-state index is -1.48. The predicted octanol–water partition coefficient (Wildman–Crippen LogP) is 2.55. The maximum atomic E-state index is 13.4. The highest BCUT2D eigenvalue weighted by molar-refractivity contribution is 6.32. The number of aliphatic imine (C=N–C) groups is 1. The summed E-state index contributed by atoms with van der Waals surface area (Å²) in [5.74, 6) is 3.31. The van der Waals surface area contributed by atoms with Gasteiger partial charge in [0.2, 0.25) is 11.5 Å². The minimum Gasteiger partial charge on any atom is -0.369 e. The summed E-state index contributed by atoms with van der Waals surface area (Å²) in [5.41, 5.74) is 7.37. The van der Waals surface area contributed by atoms with Gasteiger partial charge in [-0.2, -0.15) is 0 Å². The highest BCUT2D eigenvalue weighted by Gasteiger charge is 2.42. The lowest BCUT2D eigenvalue weighted by molar-refractivity contribution is -0.129. The van der Waals surface area contributed by atoms with Crippen molar-refractivity contribution in [2.24, 2.45) is 10.7 Å². The van der Waals surface area contributed by atoms with Gasteiger partial charge < -0.3 is 16.4 Å². The molecular formula is C27H22BF2N5O2. The van der Waals surface area contributed by atoms with E-state index < -0.39 is 23.1 Å². The molecule has 3 aromatic carbocycles. The predicted molar refractivity (Wildman–Crippen MR) is 138 cm³/mol. The van der Waals surface area contributed by atoms with Gasteiger partial charge in [0.1, 0.15) is 19.5 Å². The Kier molecular flexibility index (Phi) is 7.25. The van der Waals surface area contributed by atoms with Crippen LogP contribution < -0.4 is 21.8 Å². The van der Waals surface area contributed by atoms with Crippen LogP contribution in [0.1, 0.15) is 23.6 Å². The fraction of sp³-hybridized carbons (Fsp3) is 0.148. The Balaban J connectivity index is 1.35. The maximum Gasteiger partial charge on any atom is 0.319 e. The molecule has 0 saturated heterocycles. The SMILES string of the molecule is [B]c1cccc(NC(=O)NCc2ccc(CN3C(=O)C(C)(C#Cc4cc(F)cc(F)c4)N=C3N)cc2)c1.